The highest BCUT2D eigenvalue weighted by Crippen LogP contribution is 2.17. The Morgan fingerprint density at radius 2 is 1.95 bits per heavy atom. The Balaban J connectivity index is 2.24. The van der Waals surface area contributed by atoms with E-state index in [0.29, 0.717) is 0 Å². The lowest BCUT2D eigenvalue weighted by Crippen LogP contribution is -2.33. The number of nitro benzene ring substituents is 1. The summed E-state index contributed by atoms with van der Waals surface area (Å²) in [6.07, 6.45) is 0. The first kappa shape index (κ1) is 15.6. The topological polar surface area (TPSA) is 113 Å². The number of nitro groups is 1. The van der Waals surface area contributed by atoms with Gasteiger partial charge in [0.05, 0.1) is 4.92 Å². The van der Waals surface area contributed by atoms with Gasteiger partial charge in [-0.15, -0.1) is 0 Å². The highest BCUT2D eigenvalue weighted by Gasteiger charge is 2.19. The lowest BCUT2D eigenvalue weighted by molar-refractivity contribution is -0.384. The SMILES string of the molecule is O=C(Nc1cccc([N+](=O)[O-])c1)c1ccc(F)c(B(O)O)c1. The number of anilines is 1. The van der Waals surface area contributed by atoms with Crippen LogP contribution >= 0.6 is 0 Å². The maximum Gasteiger partial charge on any atom is 0.491 e. The standard InChI is InChI=1S/C13H10BFN2O5/c15-12-5-4-8(6-11(12)14(19)20)13(18)16-9-2-1-3-10(7-9)17(21)22/h1-7,19-20H,(H,16,18). The zero-order valence-corrected chi connectivity index (χ0v) is 11.1. The first-order chi connectivity index (χ1) is 10.4. The Morgan fingerprint density at radius 3 is 2.59 bits per heavy atom. The second-order valence-electron chi connectivity index (χ2n) is 4.37. The molecular weight excluding hydrogens is 294 g/mol. The van der Waals surface area contributed by atoms with E-state index in [4.69, 9.17) is 10.0 Å². The molecule has 1 amide bonds. The van der Waals surface area contributed by atoms with Crippen LogP contribution in [0.4, 0.5) is 15.8 Å². The van der Waals surface area contributed by atoms with Crippen molar-refractivity contribution in [1.82, 2.24) is 0 Å². The molecule has 0 saturated carbocycles. The van der Waals surface area contributed by atoms with Crippen molar-refractivity contribution in [2.45, 2.75) is 0 Å². The van der Waals surface area contributed by atoms with Crippen LogP contribution in [0.2, 0.25) is 0 Å². The molecule has 2 rings (SSSR count). The van der Waals surface area contributed by atoms with Gasteiger partial charge >= 0.3 is 7.12 Å². The number of benzene rings is 2. The van der Waals surface area contributed by atoms with Gasteiger partial charge in [-0.25, -0.2) is 4.39 Å². The Bertz CT molecular complexity index is 738. The van der Waals surface area contributed by atoms with Gasteiger partial charge < -0.3 is 15.4 Å². The molecule has 0 aliphatic rings. The largest absolute Gasteiger partial charge is 0.491 e. The monoisotopic (exact) mass is 304 g/mol. The van der Waals surface area contributed by atoms with E-state index in [0.717, 1.165) is 18.2 Å². The fraction of sp³-hybridized carbons (Fsp3) is 0. The van der Waals surface area contributed by atoms with Gasteiger partial charge in [0.25, 0.3) is 11.6 Å². The summed E-state index contributed by atoms with van der Waals surface area (Å²) in [6, 6.07) is 8.38. The van der Waals surface area contributed by atoms with Crippen LogP contribution in [0.1, 0.15) is 10.4 Å². The smallest absolute Gasteiger partial charge is 0.423 e. The van der Waals surface area contributed by atoms with E-state index < -0.39 is 29.2 Å². The van der Waals surface area contributed by atoms with Gasteiger partial charge in [0.15, 0.2) is 0 Å². The second-order valence-corrected chi connectivity index (χ2v) is 4.37. The second kappa shape index (κ2) is 6.33. The minimum atomic E-state index is -2.05. The molecule has 0 aliphatic carbocycles. The molecule has 0 radical (unpaired) electrons. The molecule has 0 atom stereocenters. The molecule has 3 N–H and O–H groups in total. The molecule has 112 valence electrons. The van der Waals surface area contributed by atoms with Crippen molar-refractivity contribution in [1.29, 1.82) is 0 Å². The maximum atomic E-state index is 13.3. The van der Waals surface area contributed by atoms with E-state index in [2.05, 4.69) is 5.32 Å². The van der Waals surface area contributed by atoms with Gasteiger partial charge in [-0.3, -0.25) is 14.9 Å². The summed E-state index contributed by atoms with van der Waals surface area (Å²) < 4.78 is 13.3. The molecule has 0 aliphatic heterocycles. The molecule has 0 saturated heterocycles. The highest BCUT2D eigenvalue weighted by atomic mass is 19.1. The molecule has 2 aromatic rings. The maximum absolute atomic E-state index is 13.3. The summed E-state index contributed by atoms with van der Waals surface area (Å²) in [5, 5.41) is 31.1. The molecule has 2 aromatic carbocycles. The quantitative estimate of drug-likeness (QED) is 0.436. The van der Waals surface area contributed by atoms with Gasteiger partial charge in [-0.2, -0.15) is 0 Å². The number of amides is 1. The fourth-order valence-electron chi connectivity index (χ4n) is 1.78. The average molecular weight is 304 g/mol. The number of nitrogens with zero attached hydrogens (tertiary/aromatic N) is 1. The third-order valence-electron chi connectivity index (χ3n) is 2.85. The lowest BCUT2D eigenvalue weighted by atomic mass is 9.79. The molecule has 0 bridgehead atoms. The van der Waals surface area contributed by atoms with E-state index in [-0.39, 0.29) is 16.9 Å². The molecule has 22 heavy (non-hydrogen) atoms. The number of hydrogen-bond acceptors (Lipinski definition) is 5. The number of halogens is 1. The van der Waals surface area contributed by atoms with Crippen LogP contribution in [-0.2, 0) is 0 Å². The Morgan fingerprint density at radius 1 is 1.23 bits per heavy atom. The fourth-order valence-corrected chi connectivity index (χ4v) is 1.78. The summed E-state index contributed by atoms with van der Waals surface area (Å²) in [4.78, 5) is 22.1. The minimum absolute atomic E-state index is 0.0176. The molecular formula is C13H10BFN2O5. The zero-order chi connectivity index (χ0) is 16.3. The predicted molar refractivity (Wildman–Crippen MR) is 77.3 cm³/mol. The molecule has 7 nitrogen and oxygen atoms in total. The molecule has 0 heterocycles. The summed E-state index contributed by atoms with van der Waals surface area (Å²) >= 11 is 0. The summed E-state index contributed by atoms with van der Waals surface area (Å²) in [5.41, 5.74) is -0.458. The average Bonchev–Trinajstić information content (AvgIpc) is 2.47. The van der Waals surface area contributed by atoms with Crippen LogP contribution in [0.25, 0.3) is 0 Å². The van der Waals surface area contributed by atoms with Crippen molar-refractivity contribution in [2.24, 2.45) is 0 Å². The van der Waals surface area contributed by atoms with Crippen molar-refractivity contribution >= 4 is 29.9 Å². The minimum Gasteiger partial charge on any atom is -0.423 e. The van der Waals surface area contributed by atoms with E-state index in [1.165, 1.54) is 24.3 Å². The Hall–Kier alpha value is -2.78. The molecule has 0 fully saturated rings. The Labute approximate surface area is 124 Å². The van der Waals surface area contributed by atoms with Crippen LogP contribution < -0.4 is 10.8 Å². The third-order valence-corrected chi connectivity index (χ3v) is 2.85. The summed E-state index contributed by atoms with van der Waals surface area (Å²) in [6.45, 7) is 0. The first-order valence-electron chi connectivity index (χ1n) is 6.10. The first-order valence-corrected chi connectivity index (χ1v) is 6.10. The molecule has 0 unspecified atom stereocenters. The van der Waals surface area contributed by atoms with E-state index >= 15 is 0 Å². The molecule has 9 heteroatoms. The van der Waals surface area contributed by atoms with E-state index in [1.807, 2.05) is 0 Å². The van der Waals surface area contributed by atoms with Crippen LogP contribution in [0.3, 0.4) is 0 Å². The third kappa shape index (κ3) is 3.46. The van der Waals surface area contributed by atoms with Gasteiger partial charge in [0.1, 0.15) is 5.82 Å². The number of carbonyl (C=O) groups excluding carboxylic acids is 1. The summed E-state index contributed by atoms with van der Waals surface area (Å²) in [7, 11) is -2.05. The number of rotatable bonds is 4. The van der Waals surface area contributed by atoms with Crippen molar-refractivity contribution < 1.29 is 24.2 Å². The number of carbonyl (C=O) groups is 1. The lowest BCUT2D eigenvalue weighted by Gasteiger charge is -2.07. The van der Waals surface area contributed by atoms with Crippen molar-refractivity contribution in [3.8, 4) is 0 Å². The van der Waals surface area contributed by atoms with E-state index in [9.17, 15) is 19.3 Å². The van der Waals surface area contributed by atoms with Crippen LogP contribution in [0.5, 0.6) is 0 Å². The van der Waals surface area contributed by atoms with Gasteiger partial charge in [0.2, 0.25) is 0 Å². The van der Waals surface area contributed by atoms with Crippen molar-refractivity contribution in [2.75, 3.05) is 5.32 Å². The van der Waals surface area contributed by atoms with Crippen molar-refractivity contribution in [3.05, 3.63) is 64.0 Å². The molecule has 0 spiro atoms. The van der Waals surface area contributed by atoms with E-state index in [1.54, 1.807) is 0 Å². The van der Waals surface area contributed by atoms with Crippen molar-refractivity contribution in [3.63, 3.8) is 0 Å². The summed E-state index contributed by atoms with van der Waals surface area (Å²) in [5.74, 6) is -1.52. The van der Waals surface area contributed by atoms with Crippen LogP contribution in [0, 0.1) is 15.9 Å². The van der Waals surface area contributed by atoms with Crippen LogP contribution in [-0.4, -0.2) is 28.0 Å². The highest BCUT2D eigenvalue weighted by molar-refractivity contribution is 6.58. The predicted octanol–water partition coefficient (Wildman–Crippen LogP) is 0.666. The van der Waals surface area contributed by atoms with Gasteiger partial charge in [-0.1, -0.05) is 6.07 Å². The zero-order valence-electron chi connectivity index (χ0n) is 11.1. The number of nitrogens with one attached hydrogen (secondary N) is 1. The van der Waals surface area contributed by atoms with Gasteiger partial charge in [-0.05, 0) is 24.3 Å². The molecule has 0 aromatic heterocycles. The normalized spacial score (nSPS) is 10.1. The Kier molecular flexibility index (Phi) is 4.49. The van der Waals surface area contributed by atoms with Crippen LogP contribution in [0.15, 0.2) is 42.5 Å². The number of hydrogen-bond donors (Lipinski definition) is 3. The van der Waals surface area contributed by atoms with Gasteiger partial charge in [0, 0.05) is 28.8 Å². The number of non-ortho nitro benzene ring substituents is 1.